The maximum Gasteiger partial charge on any atom is 0.410 e. The second-order valence-electron chi connectivity index (χ2n) is 6.35. The van der Waals surface area contributed by atoms with Crippen LogP contribution in [0.15, 0.2) is 0 Å². The van der Waals surface area contributed by atoms with Crippen LogP contribution in [0.3, 0.4) is 0 Å². The van der Waals surface area contributed by atoms with Crippen molar-refractivity contribution >= 4 is 12.0 Å². The van der Waals surface area contributed by atoms with Crippen LogP contribution in [-0.2, 0) is 9.53 Å². The topological polar surface area (TPSA) is 49.9 Å². The summed E-state index contributed by atoms with van der Waals surface area (Å²) in [4.78, 5) is 27.4. The summed E-state index contributed by atoms with van der Waals surface area (Å²) < 4.78 is 5.38. The van der Waals surface area contributed by atoms with Gasteiger partial charge in [-0.3, -0.25) is 4.79 Å². The average Bonchev–Trinajstić information content (AvgIpc) is 2.50. The number of rotatable bonds is 1. The SMILES string of the molecule is CN(C)C(=O)C1CCCCN(C(=O)OC(C)(C)C)C1. The Kier molecular flexibility index (Phi) is 5.20. The van der Waals surface area contributed by atoms with Crippen LogP contribution in [0.2, 0.25) is 0 Å². The van der Waals surface area contributed by atoms with Gasteiger partial charge in [0, 0.05) is 27.2 Å². The summed E-state index contributed by atoms with van der Waals surface area (Å²) in [6, 6.07) is 0. The molecule has 5 nitrogen and oxygen atoms in total. The largest absolute Gasteiger partial charge is 0.444 e. The molecule has 110 valence electrons. The minimum Gasteiger partial charge on any atom is -0.444 e. The molecule has 0 aromatic rings. The first-order valence-corrected chi connectivity index (χ1v) is 6.90. The highest BCUT2D eigenvalue weighted by Gasteiger charge is 2.30. The van der Waals surface area contributed by atoms with Crippen LogP contribution < -0.4 is 0 Å². The van der Waals surface area contributed by atoms with Crippen molar-refractivity contribution in [3.63, 3.8) is 0 Å². The molecule has 1 saturated heterocycles. The van der Waals surface area contributed by atoms with Crippen LogP contribution in [0.5, 0.6) is 0 Å². The Morgan fingerprint density at radius 2 is 1.84 bits per heavy atom. The van der Waals surface area contributed by atoms with E-state index in [1.807, 2.05) is 20.8 Å². The van der Waals surface area contributed by atoms with Crippen LogP contribution in [0.4, 0.5) is 4.79 Å². The molecule has 0 radical (unpaired) electrons. The van der Waals surface area contributed by atoms with Crippen LogP contribution in [0.25, 0.3) is 0 Å². The van der Waals surface area contributed by atoms with E-state index in [1.54, 1.807) is 23.9 Å². The number of ether oxygens (including phenoxy) is 1. The molecule has 1 aliphatic rings. The van der Waals surface area contributed by atoms with E-state index in [1.165, 1.54) is 0 Å². The Balaban J connectivity index is 2.68. The van der Waals surface area contributed by atoms with Gasteiger partial charge in [-0.25, -0.2) is 4.79 Å². The first kappa shape index (κ1) is 15.8. The zero-order chi connectivity index (χ0) is 14.6. The molecule has 0 aliphatic carbocycles. The Morgan fingerprint density at radius 3 is 2.37 bits per heavy atom. The van der Waals surface area contributed by atoms with Crippen molar-refractivity contribution < 1.29 is 14.3 Å². The van der Waals surface area contributed by atoms with Crippen molar-refractivity contribution in [2.45, 2.75) is 45.6 Å². The minimum absolute atomic E-state index is 0.0930. The van der Waals surface area contributed by atoms with Gasteiger partial charge in [-0.2, -0.15) is 0 Å². The lowest BCUT2D eigenvalue weighted by molar-refractivity contribution is -0.133. The van der Waals surface area contributed by atoms with E-state index in [0.29, 0.717) is 13.1 Å². The smallest absolute Gasteiger partial charge is 0.410 e. The van der Waals surface area contributed by atoms with Gasteiger partial charge in [0.15, 0.2) is 0 Å². The van der Waals surface area contributed by atoms with Gasteiger partial charge in [-0.15, -0.1) is 0 Å². The molecule has 1 fully saturated rings. The van der Waals surface area contributed by atoms with Crippen molar-refractivity contribution in [3.05, 3.63) is 0 Å². The Bertz CT molecular complexity index is 334. The first-order chi connectivity index (χ1) is 8.70. The third-order valence-electron chi connectivity index (χ3n) is 3.11. The molecule has 5 heteroatoms. The zero-order valence-electron chi connectivity index (χ0n) is 12.7. The highest BCUT2D eigenvalue weighted by atomic mass is 16.6. The summed E-state index contributed by atoms with van der Waals surface area (Å²) in [7, 11) is 3.51. The maximum absolute atomic E-state index is 12.1. The maximum atomic E-state index is 12.1. The number of amides is 2. The van der Waals surface area contributed by atoms with Crippen molar-refractivity contribution in [3.8, 4) is 0 Å². The van der Waals surface area contributed by atoms with E-state index in [9.17, 15) is 9.59 Å². The van der Waals surface area contributed by atoms with Crippen molar-refractivity contribution in [2.24, 2.45) is 5.92 Å². The molecule has 0 aromatic heterocycles. The molecule has 19 heavy (non-hydrogen) atoms. The van der Waals surface area contributed by atoms with Crippen molar-refractivity contribution in [2.75, 3.05) is 27.2 Å². The number of nitrogens with zero attached hydrogens (tertiary/aromatic N) is 2. The van der Waals surface area contributed by atoms with Crippen LogP contribution >= 0.6 is 0 Å². The van der Waals surface area contributed by atoms with E-state index >= 15 is 0 Å². The number of likely N-dealkylation sites (tertiary alicyclic amines) is 1. The highest BCUT2D eigenvalue weighted by Crippen LogP contribution is 2.20. The molecule has 0 spiro atoms. The van der Waals surface area contributed by atoms with E-state index in [4.69, 9.17) is 4.74 Å². The summed E-state index contributed by atoms with van der Waals surface area (Å²) in [6.07, 6.45) is 2.43. The quantitative estimate of drug-likeness (QED) is 0.733. The van der Waals surface area contributed by atoms with Gasteiger partial charge < -0.3 is 14.5 Å². The van der Waals surface area contributed by atoms with Gasteiger partial charge in [0.25, 0.3) is 0 Å². The van der Waals surface area contributed by atoms with Gasteiger partial charge in [-0.05, 0) is 33.6 Å². The van der Waals surface area contributed by atoms with E-state index in [2.05, 4.69) is 0 Å². The zero-order valence-corrected chi connectivity index (χ0v) is 12.7. The summed E-state index contributed by atoms with van der Waals surface area (Å²) in [5.41, 5.74) is -0.496. The predicted octanol–water partition coefficient (Wildman–Crippen LogP) is 2.11. The summed E-state index contributed by atoms with van der Waals surface area (Å²) in [5, 5.41) is 0. The highest BCUT2D eigenvalue weighted by molar-refractivity contribution is 5.79. The minimum atomic E-state index is -0.496. The molecular formula is C14H26N2O3. The van der Waals surface area contributed by atoms with Gasteiger partial charge in [-0.1, -0.05) is 6.42 Å². The van der Waals surface area contributed by atoms with E-state index in [-0.39, 0.29) is 17.9 Å². The van der Waals surface area contributed by atoms with Crippen molar-refractivity contribution in [1.82, 2.24) is 9.80 Å². The third kappa shape index (κ3) is 5.09. The fourth-order valence-electron chi connectivity index (χ4n) is 2.20. The molecule has 0 saturated carbocycles. The summed E-state index contributed by atoms with van der Waals surface area (Å²) >= 11 is 0. The third-order valence-corrected chi connectivity index (χ3v) is 3.11. The molecular weight excluding hydrogens is 244 g/mol. The normalized spacial score (nSPS) is 20.7. The first-order valence-electron chi connectivity index (χ1n) is 6.90. The number of carbonyl (C=O) groups excluding carboxylic acids is 2. The van der Waals surface area contributed by atoms with Crippen LogP contribution in [0.1, 0.15) is 40.0 Å². The van der Waals surface area contributed by atoms with E-state index < -0.39 is 5.60 Å². The molecule has 0 N–H and O–H groups in total. The van der Waals surface area contributed by atoms with Gasteiger partial charge in [0.2, 0.25) is 5.91 Å². The van der Waals surface area contributed by atoms with E-state index in [0.717, 1.165) is 19.3 Å². The fraction of sp³-hybridized carbons (Fsp3) is 0.857. The lowest BCUT2D eigenvalue weighted by atomic mass is 10.0. The predicted molar refractivity (Wildman–Crippen MR) is 73.8 cm³/mol. The van der Waals surface area contributed by atoms with Crippen molar-refractivity contribution in [1.29, 1.82) is 0 Å². The molecule has 2 amide bonds. The van der Waals surface area contributed by atoms with Crippen LogP contribution in [0, 0.1) is 5.92 Å². The number of hydrogen-bond donors (Lipinski definition) is 0. The number of hydrogen-bond acceptors (Lipinski definition) is 3. The van der Waals surface area contributed by atoms with Gasteiger partial charge in [0.1, 0.15) is 5.60 Å². The van der Waals surface area contributed by atoms with Gasteiger partial charge in [0.05, 0.1) is 5.92 Å². The second kappa shape index (κ2) is 6.26. The monoisotopic (exact) mass is 270 g/mol. The molecule has 1 atom stereocenters. The second-order valence-corrected chi connectivity index (χ2v) is 6.35. The average molecular weight is 270 g/mol. The molecule has 1 rings (SSSR count). The standard InChI is InChI=1S/C14H26N2O3/c1-14(2,3)19-13(18)16-9-7-6-8-11(10-16)12(17)15(4)5/h11H,6-10H2,1-5H3. The summed E-state index contributed by atoms with van der Waals surface area (Å²) in [6.45, 7) is 6.69. The number of carbonyl (C=O) groups is 2. The molecule has 1 unspecified atom stereocenters. The molecule has 1 aliphatic heterocycles. The molecule has 0 bridgehead atoms. The summed E-state index contributed by atoms with van der Waals surface area (Å²) in [5.74, 6) is -0.0134. The fourth-order valence-corrected chi connectivity index (χ4v) is 2.20. The Labute approximate surface area is 115 Å². The molecule has 1 heterocycles. The van der Waals surface area contributed by atoms with Gasteiger partial charge >= 0.3 is 6.09 Å². The Morgan fingerprint density at radius 1 is 1.21 bits per heavy atom. The Hall–Kier alpha value is -1.26. The molecule has 0 aromatic carbocycles. The lowest BCUT2D eigenvalue weighted by Crippen LogP contribution is -2.42. The lowest BCUT2D eigenvalue weighted by Gasteiger charge is -2.28. The van der Waals surface area contributed by atoms with Crippen LogP contribution in [-0.4, -0.2) is 54.6 Å².